The second-order valence-corrected chi connectivity index (χ2v) is 3.87. The third-order valence-electron chi connectivity index (χ3n) is 2.49. The van der Waals surface area contributed by atoms with E-state index < -0.39 is 0 Å². The van der Waals surface area contributed by atoms with Gasteiger partial charge in [0, 0.05) is 6.42 Å². The number of hydrogen-bond donors (Lipinski definition) is 1. The largest absolute Gasteiger partial charge is 0.321 e. The summed E-state index contributed by atoms with van der Waals surface area (Å²) in [6, 6.07) is 9.59. The van der Waals surface area contributed by atoms with Crippen molar-refractivity contribution in [2.75, 3.05) is 0 Å². The molecule has 2 nitrogen and oxygen atoms in total. The first kappa shape index (κ1) is 11.9. The molecule has 15 heavy (non-hydrogen) atoms. The van der Waals surface area contributed by atoms with Crippen LogP contribution in [0, 0.1) is 0 Å². The molecule has 0 aliphatic heterocycles. The van der Waals surface area contributed by atoms with Crippen LogP contribution < -0.4 is 5.73 Å². The van der Waals surface area contributed by atoms with E-state index in [0.717, 1.165) is 18.4 Å². The highest BCUT2D eigenvalue weighted by Gasteiger charge is 2.12. The van der Waals surface area contributed by atoms with Crippen molar-refractivity contribution in [1.82, 2.24) is 0 Å². The van der Waals surface area contributed by atoms with Gasteiger partial charge >= 0.3 is 0 Å². The van der Waals surface area contributed by atoms with Gasteiger partial charge in [-0.2, -0.15) is 0 Å². The lowest BCUT2D eigenvalue weighted by molar-refractivity contribution is -0.120. The normalized spacial score (nSPS) is 12.4. The monoisotopic (exact) mass is 205 g/mol. The van der Waals surface area contributed by atoms with E-state index in [4.69, 9.17) is 5.73 Å². The van der Waals surface area contributed by atoms with Gasteiger partial charge in [0.25, 0.3) is 0 Å². The molecule has 2 heteroatoms. The van der Waals surface area contributed by atoms with Crippen LogP contribution >= 0.6 is 0 Å². The zero-order valence-electron chi connectivity index (χ0n) is 9.28. The summed E-state index contributed by atoms with van der Waals surface area (Å²) in [5.74, 6) is 0.181. The van der Waals surface area contributed by atoms with Gasteiger partial charge in [0.15, 0.2) is 0 Å². The summed E-state index contributed by atoms with van der Waals surface area (Å²) >= 11 is 0. The molecule has 0 radical (unpaired) electrons. The van der Waals surface area contributed by atoms with Gasteiger partial charge < -0.3 is 5.73 Å². The van der Waals surface area contributed by atoms with Gasteiger partial charge in [-0.15, -0.1) is 0 Å². The molecule has 0 amide bonds. The lowest BCUT2D eigenvalue weighted by Gasteiger charge is -2.09. The quantitative estimate of drug-likeness (QED) is 0.774. The molecular weight excluding hydrogens is 186 g/mol. The third-order valence-corrected chi connectivity index (χ3v) is 2.49. The Morgan fingerprint density at radius 2 is 2.00 bits per heavy atom. The summed E-state index contributed by atoms with van der Waals surface area (Å²) in [6.07, 6.45) is 3.26. The van der Waals surface area contributed by atoms with Gasteiger partial charge in [-0.1, -0.05) is 43.7 Å². The van der Waals surface area contributed by atoms with Crippen LogP contribution in [0.4, 0.5) is 0 Å². The lowest BCUT2D eigenvalue weighted by atomic mass is 10.0. The Kier molecular flexibility index (Phi) is 5.05. The average molecular weight is 205 g/mol. The second kappa shape index (κ2) is 6.36. The molecule has 0 saturated heterocycles. The summed E-state index contributed by atoms with van der Waals surface area (Å²) < 4.78 is 0. The van der Waals surface area contributed by atoms with Crippen LogP contribution in [-0.2, 0) is 11.2 Å². The number of rotatable bonds is 6. The number of nitrogens with two attached hydrogens (primary N) is 1. The van der Waals surface area contributed by atoms with Crippen molar-refractivity contribution in [1.29, 1.82) is 0 Å². The zero-order valence-corrected chi connectivity index (χ0v) is 9.28. The van der Waals surface area contributed by atoms with E-state index in [1.54, 1.807) is 0 Å². The van der Waals surface area contributed by atoms with Crippen molar-refractivity contribution in [3.63, 3.8) is 0 Å². The molecule has 1 atom stereocenters. The summed E-state index contributed by atoms with van der Waals surface area (Å²) in [7, 11) is 0. The van der Waals surface area contributed by atoms with Gasteiger partial charge in [0.1, 0.15) is 5.78 Å². The summed E-state index contributed by atoms with van der Waals surface area (Å²) in [5, 5.41) is 0. The van der Waals surface area contributed by atoms with Crippen molar-refractivity contribution in [2.24, 2.45) is 5.73 Å². The van der Waals surface area contributed by atoms with E-state index in [-0.39, 0.29) is 11.8 Å². The molecule has 1 aromatic rings. The molecule has 2 N–H and O–H groups in total. The van der Waals surface area contributed by atoms with Crippen LogP contribution in [0.2, 0.25) is 0 Å². The highest BCUT2D eigenvalue weighted by Crippen LogP contribution is 2.05. The van der Waals surface area contributed by atoms with Crippen molar-refractivity contribution in [3.8, 4) is 0 Å². The SMILES string of the molecule is CCCCC(=O)[C@@H](N)Cc1ccccc1. The van der Waals surface area contributed by atoms with Gasteiger partial charge in [0.05, 0.1) is 6.04 Å². The lowest BCUT2D eigenvalue weighted by Crippen LogP contribution is -2.32. The Morgan fingerprint density at radius 3 is 2.60 bits per heavy atom. The van der Waals surface area contributed by atoms with Crippen molar-refractivity contribution in [2.45, 2.75) is 38.6 Å². The molecule has 0 aromatic heterocycles. The fourth-order valence-corrected chi connectivity index (χ4v) is 1.52. The Labute approximate surface area is 91.5 Å². The molecule has 0 aliphatic carbocycles. The number of unbranched alkanes of at least 4 members (excludes halogenated alkanes) is 1. The second-order valence-electron chi connectivity index (χ2n) is 3.87. The zero-order chi connectivity index (χ0) is 11.1. The summed E-state index contributed by atoms with van der Waals surface area (Å²) in [4.78, 5) is 11.6. The number of carbonyl (C=O) groups is 1. The predicted molar refractivity (Wildman–Crippen MR) is 62.7 cm³/mol. The number of hydrogen-bond acceptors (Lipinski definition) is 2. The van der Waals surface area contributed by atoms with Crippen LogP contribution in [0.5, 0.6) is 0 Å². The van der Waals surface area contributed by atoms with Crippen LogP contribution in [-0.4, -0.2) is 11.8 Å². The number of carbonyl (C=O) groups excluding carboxylic acids is 1. The summed E-state index contributed by atoms with van der Waals surface area (Å²) in [5.41, 5.74) is 6.97. The smallest absolute Gasteiger partial charge is 0.149 e. The molecule has 1 aromatic carbocycles. The van der Waals surface area contributed by atoms with E-state index in [9.17, 15) is 4.79 Å². The van der Waals surface area contributed by atoms with Crippen LogP contribution in [0.3, 0.4) is 0 Å². The minimum Gasteiger partial charge on any atom is -0.321 e. The van der Waals surface area contributed by atoms with Gasteiger partial charge in [-0.25, -0.2) is 0 Å². The molecular formula is C13H19NO. The van der Waals surface area contributed by atoms with Crippen molar-refractivity contribution >= 4 is 5.78 Å². The van der Waals surface area contributed by atoms with Gasteiger partial charge in [-0.05, 0) is 18.4 Å². The third kappa shape index (κ3) is 4.26. The standard InChI is InChI=1S/C13H19NO/c1-2-3-9-13(15)12(14)10-11-7-5-4-6-8-11/h4-8,12H,2-3,9-10,14H2,1H3/t12-/m0/s1. The van der Waals surface area contributed by atoms with E-state index in [2.05, 4.69) is 6.92 Å². The molecule has 0 heterocycles. The average Bonchev–Trinajstić information content (AvgIpc) is 2.27. The summed E-state index contributed by atoms with van der Waals surface area (Å²) in [6.45, 7) is 2.08. The first-order valence-corrected chi connectivity index (χ1v) is 5.56. The Balaban J connectivity index is 2.41. The van der Waals surface area contributed by atoms with Gasteiger partial charge in [-0.3, -0.25) is 4.79 Å². The molecule has 0 aliphatic rings. The molecule has 0 fully saturated rings. The molecule has 0 saturated carbocycles. The topological polar surface area (TPSA) is 43.1 Å². The maximum atomic E-state index is 11.6. The number of Topliss-reactive ketones (excluding diaryl/α,β-unsaturated/α-hetero) is 1. The van der Waals surface area contributed by atoms with Crippen molar-refractivity contribution in [3.05, 3.63) is 35.9 Å². The van der Waals surface area contributed by atoms with E-state index in [0.29, 0.717) is 12.8 Å². The minimum absolute atomic E-state index is 0.181. The van der Waals surface area contributed by atoms with Crippen LogP contribution in [0.15, 0.2) is 30.3 Å². The predicted octanol–water partition coefficient (Wildman–Crippen LogP) is 2.32. The minimum atomic E-state index is -0.334. The molecule has 0 unspecified atom stereocenters. The van der Waals surface area contributed by atoms with Crippen LogP contribution in [0.1, 0.15) is 31.7 Å². The first-order valence-electron chi connectivity index (χ1n) is 5.56. The number of ketones is 1. The van der Waals surface area contributed by atoms with Crippen LogP contribution in [0.25, 0.3) is 0 Å². The fraction of sp³-hybridized carbons (Fsp3) is 0.462. The Morgan fingerprint density at radius 1 is 1.33 bits per heavy atom. The Bertz CT molecular complexity index is 295. The Hall–Kier alpha value is -1.15. The van der Waals surface area contributed by atoms with Gasteiger partial charge in [0.2, 0.25) is 0 Å². The van der Waals surface area contributed by atoms with E-state index in [1.165, 1.54) is 0 Å². The molecule has 82 valence electrons. The molecule has 1 rings (SSSR count). The highest BCUT2D eigenvalue weighted by molar-refractivity contribution is 5.84. The number of benzene rings is 1. The van der Waals surface area contributed by atoms with E-state index >= 15 is 0 Å². The maximum absolute atomic E-state index is 11.6. The fourth-order valence-electron chi connectivity index (χ4n) is 1.52. The highest BCUT2D eigenvalue weighted by atomic mass is 16.1. The molecule has 0 bridgehead atoms. The van der Waals surface area contributed by atoms with Crippen molar-refractivity contribution < 1.29 is 4.79 Å². The molecule has 0 spiro atoms. The maximum Gasteiger partial charge on any atom is 0.149 e. The first-order chi connectivity index (χ1) is 7.24. The van der Waals surface area contributed by atoms with E-state index in [1.807, 2.05) is 30.3 Å².